The Morgan fingerprint density at radius 2 is 1.79 bits per heavy atom. The smallest absolute Gasteiger partial charge is 0.289 e. The van der Waals surface area contributed by atoms with Gasteiger partial charge in [-0.05, 0) is 32.4 Å². The lowest BCUT2D eigenvalue weighted by atomic mass is 9.91. The van der Waals surface area contributed by atoms with Gasteiger partial charge in [0.25, 0.3) is 5.91 Å². The fraction of sp³-hybridized carbons (Fsp3) is 0.346. The molecule has 0 spiro atoms. The third kappa shape index (κ3) is 4.28. The third-order valence-corrected chi connectivity index (χ3v) is 6.60. The van der Waals surface area contributed by atoms with Crippen molar-refractivity contribution in [3.05, 3.63) is 88.9 Å². The van der Waals surface area contributed by atoms with Gasteiger partial charge in [-0.2, -0.15) is 0 Å². The maximum absolute atomic E-state index is 12.7. The number of allylic oxidation sites excluding steroid dienone is 1. The van der Waals surface area contributed by atoms with Crippen molar-refractivity contribution in [1.29, 1.82) is 0 Å². The van der Waals surface area contributed by atoms with Gasteiger partial charge in [0.2, 0.25) is 5.82 Å². The van der Waals surface area contributed by atoms with Crippen molar-refractivity contribution >= 4 is 11.5 Å². The molecule has 1 amide bonds. The molecule has 1 aromatic carbocycles. The van der Waals surface area contributed by atoms with Crippen LogP contribution in [0, 0.1) is 6.92 Å². The molecule has 34 heavy (non-hydrogen) atoms. The maximum Gasteiger partial charge on any atom is 0.289 e. The Morgan fingerprint density at radius 3 is 2.50 bits per heavy atom. The van der Waals surface area contributed by atoms with Crippen LogP contribution < -0.4 is 16.0 Å². The van der Waals surface area contributed by atoms with E-state index < -0.39 is 5.66 Å². The molecule has 0 aliphatic carbocycles. The number of dihydropyridines is 1. The molecule has 1 unspecified atom stereocenters. The minimum Gasteiger partial charge on any atom is -0.378 e. The lowest BCUT2D eigenvalue weighted by Crippen LogP contribution is -2.51. The Morgan fingerprint density at radius 1 is 1.12 bits per heavy atom. The van der Waals surface area contributed by atoms with Gasteiger partial charge in [-0.25, -0.2) is 9.97 Å². The number of nitrogens with zero attached hydrogens (tertiary/aromatic N) is 3. The highest BCUT2D eigenvalue weighted by atomic mass is 16.5. The van der Waals surface area contributed by atoms with Crippen molar-refractivity contribution in [2.45, 2.75) is 32.5 Å². The monoisotopic (exact) mass is 458 g/mol. The SMILES string of the molecule is Cc1ccc([C@@H](C)NC(=O)c2ncc(C3=CNC4(C)NC=C(N5CCOCC5)C=C34)cn2)cc1. The number of benzene rings is 1. The quantitative estimate of drug-likeness (QED) is 0.635. The zero-order valence-electron chi connectivity index (χ0n) is 19.8. The molecule has 0 saturated carbocycles. The van der Waals surface area contributed by atoms with Crippen molar-refractivity contribution in [3.8, 4) is 0 Å². The second kappa shape index (κ2) is 8.95. The van der Waals surface area contributed by atoms with Gasteiger partial charge < -0.3 is 25.6 Å². The van der Waals surface area contributed by atoms with E-state index in [1.165, 1.54) is 5.56 Å². The molecular weight excluding hydrogens is 428 g/mol. The first-order valence-electron chi connectivity index (χ1n) is 11.6. The van der Waals surface area contributed by atoms with E-state index in [0.29, 0.717) is 0 Å². The minimum absolute atomic E-state index is 0.136. The van der Waals surface area contributed by atoms with Gasteiger partial charge in [0.15, 0.2) is 0 Å². The lowest BCUT2D eigenvalue weighted by molar-refractivity contribution is 0.0547. The number of ether oxygens (including phenoxy) is 1. The molecule has 0 bridgehead atoms. The molecular formula is C26H30N6O2. The summed E-state index contributed by atoms with van der Waals surface area (Å²) in [7, 11) is 0. The van der Waals surface area contributed by atoms with Crippen LogP contribution in [-0.2, 0) is 4.74 Å². The summed E-state index contributed by atoms with van der Waals surface area (Å²) >= 11 is 0. The van der Waals surface area contributed by atoms with Gasteiger partial charge in [0, 0.05) is 54.6 Å². The zero-order chi connectivity index (χ0) is 23.7. The Labute approximate surface area is 199 Å². The highest BCUT2D eigenvalue weighted by Gasteiger charge is 2.37. The van der Waals surface area contributed by atoms with Crippen LogP contribution in [-0.4, -0.2) is 52.7 Å². The van der Waals surface area contributed by atoms with E-state index in [-0.39, 0.29) is 17.8 Å². The Balaban J connectivity index is 1.31. The first-order chi connectivity index (χ1) is 16.4. The number of carbonyl (C=O) groups excluding carboxylic acids is 1. The summed E-state index contributed by atoms with van der Waals surface area (Å²) in [5, 5.41) is 9.90. The molecule has 2 aromatic rings. The van der Waals surface area contributed by atoms with Crippen molar-refractivity contribution in [1.82, 2.24) is 30.8 Å². The molecule has 3 N–H and O–H groups in total. The average molecular weight is 459 g/mol. The molecule has 1 fully saturated rings. The largest absolute Gasteiger partial charge is 0.378 e. The molecule has 8 nitrogen and oxygen atoms in total. The molecule has 8 heteroatoms. The molecule has 4 heterocycles. The van der Waals surface area contributed by atoms with E-state index in [0.717, 1.165) is 54.3 Å². The first-order valence-corrected chi connectivity index (χ1v) is 11.6. The molecule has 2 atom stereocenters. The molecule has 176 valence electrons. The number of carbonyl (C=O) groups is 1. The fourth-order valence-electron chi connectivity index (χ4n) is 4.42. The van der Waals surface area contributed by atoms with Crippen LogP contribution in [0.15, 0.2) is 66.4 Å². The van der Waals surface area contributed by atoms with Gasteiger partial charge in [0.05, 0.1) is 25.0 Å². The summed E-state index contributed by atoms with van der Waals surface area (Å²) in [6.07, 6.45) is 9.67. The van der Waals surface area contributed by atoms with Crippen LogP contribution in [0.25, 0.3) is 5.57 Å². The van der Waals surface area contributed by atoms with Gasteiger partial charge >= 0.3 is 0 Å². The number of aryl methyl sites for hydroxylation is 1. The Kier molecular flexibility index (Phi) is 5.83. The molecule has 1 saturated heterocycles. The van der Waals surface area contributed by atoms with E-state index in [1.54, 1.807) is 12.4 Å². The number of aromatic nitrogens is 2. The maximum atomic E-state index is 12.7. The van der Waals surface area contributed by atoms with Gasteiger partial charge in [-0.15, -0.1) is 0 Å². The number of amides is 1. The summed E-state index contributed by atoms with van der Waals surface area (Å²) in [5.74, 6) is -0.138. The van der Waals surface area contributed by atoms with Crippen LogP contribution in [0.5, 0.6) is 0 Å². The number of rotatable bonds is 5. The lowest BCUT2D eigenvalue weighted by Gasteiger charge is -2.37. The number of fused-ring (bicyclic) bond motifs is 1. The molecule has 5 rings (SSSR count). The van der Waals surface area contributed by atoms with Crippen molar-refractivity contribution < 1.29 is 9.53 Å². The molecule has 0 radical (unpaired) electrons. The normalized spacial score (nSPS) is 22.4. The highest BCUT2D eigenvalue weighted by molar-refractivity contribution is 5.91. The predicted octanol–water partition coefficient (Wildman–Crippen LogP) is 2.64. The van der Waals surface area contributed by atoms with Crippen molar-refractivity contribution in [2.24, 2.45) is 0 Å². The van der Waals surface area contributed by atoms with E-state index in [4.69, 9.17) is 4.74 Å². The summed E-state index contributed by atoms with van der Waals surface area (Å²) < 4.78 is 5.49. The van der Waals surface area contributed by atoms with Crippen LogP contribution >= 0.6 is 0 Å². The van der Waals surface area contributed by atoms with Crippen LogP contribution in [0.4, 0.5) is 0 Å². The van der Waals surface area contributed by atoms with Crippen molar-refractivity contribution in [2.75, 3.05) is 26.3 Å². The fourth-order valence-corrected chi connectivity index (χ4v) is 4.42. The topological polar surface area (TPSA) is 91.4 Å². The standard InChI is InChI=1S/C26H30N6O2/c1-17-4-6-19(7-5-17)18(2)31-25(33)24-27-13-20(14-28-24)22-16-30-26(3)23(22)12-21(15-29-26)32-8-10-34-11-9-32/h4-7,12-16,18,29-30H,8-11H2,1-3H3,(H,31,33)/t18-,26?/m1/s1. The number of morpholine rings is 1. The number of hydrogen-bond donors (Lipinski definition) is 3. The molecule has 3 aliphatic heterocycles. The second-order valence-electron chi connectivity index (χ2n) is 9.10. The van der Waals surface area contributed by atoms with Crippen LogP contribution in [0.1, 0.15) is 47.2 Å². The summed E-state index contributed by atoms with van der Waals surface area (Å²) in [6.45, 7) is 9.30. The molecule has 3 aliphatic rings. The third-order valence-electron chi connectivity index (χ3n) is 6.60. The second-order valence-corrected chi connectivity index (χ2v) is 9.10. The average Bonchev–Trinajstić information content (AvgIpc) is 3.21. The van der Waals surface area contributed by atoms with Crippen LogP contribution in [0.2, 0.25) is 0 Å². The number of nitrogens with one attached hydrogen (secondary N) is 3. The van der Waals surface area contributed by atoms with Gasteiger partial charge in [0.1, 0.15) is 5.66 Å². The Hall–Kier alpha value is -3.65. The first kappa shape index (κ1) is 22.2. The van der Waals surface area contributed by atoms with E-state index in [2.05, 4.69) is 50.0 Å². The number of hydrogen-bond acceptors (Lipinski definition) is 7. The van der Waals surface area contributed by atoms with Gasteiger partial charge in [-0.1, -0.05) is 29.8 Å². The van der Waals surface area contributed by atoms with E-state index in [1.807, 2.05) is 44.3 Å². The predicted molar refractivity (Wildman–Crippen MR) is 130 cm³/mol. The minimum atomic E-state index is -0.398. The van der Waals surface area contributed by atoms with E-state index >= 15 is 0 Å². The summed E-state index contributed by atoms with van der Waals surface area (Å²) in [5.41, 5.74) is 5.94. The zero-order valence-corrected chi connectivity index (χ0v) is 19.8. The van der Waals surface area contributed by atoms with Crippen LogP contribution in [0.3, 0.4) is 0 Å². The van der Waals surface area contributed by atoms with Crippen molar-refractivity contribution in [3.63, 3.8) is 0 Å². The molecule has 1 aromatic heterocycles. The Bertz CT molecular complexity index is 1160. The highest BCUT2D eigenvalue weighted by Crippen LogP contribution is 2.37. The van der Waals surface area contributed by atoms with Gasteiger partial charge in [-0.3, -0.25) is 4.79 Å². The summed E-state index contributed by atoms with van der Waals surface area (Å²) in [6, 6.07) is 7.98. The summed E-state index contributed by atoms with van der Waals surface area (Å²) in [4.78, 5) is 23.8. The van der Waals surface area contributed by atoms with E-state index in [9.17, 15) is 4.79 Å².